The first-order valence-corrected chi connectivity index (χ1v) is 11.6. The predicted molar refractivity (Wildman–Crippen MR) is 137 cm³/mol. The van der Waals surface area contributed by atoms with E-state index in [1.807, 2.05) is 45.0 Å². The Morgan fingerprint density at radius 3 is 2.34 bits per heavy atom. The van der Waals surface area contributed by atoms with Gasteiger partial charge in [0.05, 0.1) is 26.5 Å². The van der Waals surface area contributed by atoms with Gasteiger partial charge in [-0.1, -0.05) is 36.8 Å². The van der Waals surface area contributed by atoms with Gasteiger partial charge in [-0.2, -0.15) is 5.10 Å². The molecule has 0 atom stereocenters. The lowest BCUT2D eigenvalue weighted by atomic mass is 10.2. The zero-order valence-corrected chi connectivity index (χ0v) is 20.7. The van der Waals surface area contributed by atoms with Crippen LogP contribution in [0.1, 0.15) is 47.3 Å². The van der Waals surface area contributed by atoms with Gasteiger partial charge < -0.3 is 18.9 Å². The molecule has 3 aromatic rings. The first-order chi connectivity index (χ1) is 17.0. The van der Waals surface area contributed by atoms with Gasteiger partial charge in [0.2, 0.25) is 0 Å². The van der Waals surface area contributed by atoms with Crippen LogP contribution >= 0.6 is 0 Å². The van der Waals surface area contributed by atoms with Crippen molar-refractivity contribution >= 4 is 12.1 Å². The van der Waals surface area contributed by atoms with E-state index in [1.54, 1.807) is 37.6 Å². The molecule has 0 aliphatic carbocycles. The summed E-state index contributed by atoms with van der Waals surface area (Å²) in [5, 5.41) is 4.08. The van der Waals surface area contributed by atoms with Crippen molar-refractivity contribution in [3.63, 3.8) is 0 Å². The molecule has 0 aliphatic heterocycles. The molecule has 3 aromatic carbocycles. The highest BCUT2D eigenvalue weighted by Gasteiger charge is 2.11. The molecule has 0 fully saturated rings. The van der Waals surface area contributed by atoms with Crippen LogP contribution in [0.2, 0.25) is 0 Å². The topological polar surface area (TPSA) is 78.4 Å². The van der Waals surface area contributed by atoms with Crippen LogP contribution in [0.25, 0.3) is 0 Å². The van der Waals surface area contributed by atoms with Gasteiger partial charge >= 0.3 is 0 Å². The second-order valence-electron chi connectivity index (χ2n) is 7.83. The number of hydrogen-bond acceptors (Lipinski definition) is 6. The predicted octanol–water partition coefficient (Wildman–Crippen LogP) is 5.53. The molecule has 35 heavy (non-hydrogen) atoms. The van der Waals surface area contributed by atoms with Gasteiger partial charge in [-0.3, -0.25) is 4.79 Å². The Morgan fingerprint density at radius 1 is 0.886 bits per heavy atom. The van der Waals surface area contributed by atoms with Crippen LogP contribution in [0.4, 0.5) is 0 Å². The van der Waals surface area contributed by atoms with E-state index in [0.717, 1.165) is 17.5 Å². The number of nitrogens with one attached hydrogen (secondary N) is 1. The number of rotatable bonds is 12. The second kappa shape index (κ2) is 13.0. The SMILES string of the molecule is CCCOc1ccc(C(=O)N/N=C/c2ccc(OCc3ccc(C)cc3)c(OC)c2)cc1OCC. The summed E-state index contributed by atoms with van der Waals surface area (Å²) in [5.41, 5.74) is 6.00. The molecule has 0 aliphatic rings. The third kappa shape index (κ3) is 7.50. The number of ether oxygens (including phenoxy) is 4. The number of carbonyl (C=O) groups is 1. The van der Waals surface area contributed by atoms with Gasteiger partial charge in [0.25, 0.3) is 5.91 Å². The molecule has 1 amide bonds. The van der Waals surface area contributed by atoms with Crippen LogP contribution in [0.15, 0.2) is 65.8 Å². The van der Waals surface area contributed by atoms with Crippen LogP contribution in [-0.4, -0.2) is 32.4 Å². The number of carbonyl (C=O) groups excluding carboxylic acids is 1. The van der Waals surface area contributed by atoms with Crippen LogP contribution < -0.4 is 24.4 Å². The number of methoxy groups -OCH3 is 1. The lowest BCUT2D eigenvalue weighted by Gasteiger charge is -2.12. The first kappa shape index (κ1) is 25.6. The Morgan fingerprint density at radius 2 is 1.63 bits per heavy atom. The Labute approximate surface area is 206 Å². The molecule has 0 bridgehead atoms. The smallest absolute Gasteiger partial charge is 0.271 e. The monoisotopic (exact) mass is 476 g/mol. The van der Waals surface area contributed by atoms with E-state index in [-0.39, 0.29) is 5.91 Å². The molecular formula is C28H32N2O5. The van der Waals surface area contributed by atoms with Crippen LogP contribution in [0.3, 0.4) is 0 Å². The van der Waals surface area contributed by atoms with Crippen LogP contribution in [0, 0.1) is 6.92 Å². The van der Waals surface area contributed by atoms with Gasteiger partial charge in [-0.05, 0) is 67.8 Å². The largest absolute Gasteiger partial charge is 0.493 e. The summed E-state index contributed by atoms with van der Waals surface area (Å²) in [5.74, 6) is 2.00. The number of hydrogen-bond donors (Lipinski definition) is 1. The van der Waals surface area contributed by atoms with Crippen molar-refractivity contribution < 1.29 is 23.7 Å². The lowest BCUT2D eigenvalue weighted by Crippen LogP contribution is -2.17. The summed E-state index contributed by atoms with van der Waals surface area (Å²) < 4.78 is 22.7. The van der Waals surface area contributed by atoms with Gasteiger partial charge in [-0.25, -0.2) is 5.43 Å². The summed E-state index contributed by atoms with van der Waals surface area (Å²) in [6.45, 7) is 7.45. The standard InChI is InChI=1S/C28H32N2O5/c1-5-15-34-25-14-12-23(17-27(25)33-6-2)28(31)30-29-18-22-11-13-24(26(16-22)32-4)35-19-21-9-7-20(3)8-10-21/h7-14,16-18H,5-6,15,19H2,1-4H3,(H,30,31)/b29-18+. The Bertz CT molecular complexity index is 1140. The molecule has 0 heterocycles. The summed E-state index contributed by atoms with van der Waals surface area (Å²) >= 11 is 0. The van der Waals surface area contributed by atoms with Crippen molar-refractivity contribution in [2.75, 3.05) is 20.3 Å². The number of hydrazone groups is 1. The number of aryl methyl sites for hydroxylation is 1. The molecule has 1 N–H and O–H groups in total. The molecule has 0 radical (unpaired) electrons. The van der Waals surface area contributed by atoms with E-state index in [9.17, 15) is 4.79 Å². The molecule has 0 spiro atoms. The van der Waals surface area contributed by atoms with Crippen molar-refractivity contribution in [1.29, 1.82) is 0 Å². The maximum Gasteiger partial charge on any atom is 0.271 e. The van der Waals surface area contributed by atoms with E-state index in [4.69, 9.17) is 18.9 Å². The highest BCUT2D eigenvalue weighted by Crippen LogP contribution is 2.29. The minimum absolute atomic E-state index is 0.353. The maximum atomic E-state index is 12.6. The molecule has 7 heteroatoms. The highest BCUT2D eigenvalue weighted by molar-refractivity contribution is 5.95. The van der Waals surface area contributed by atoms with Crippen molar-refractivity contribution in [3.05, 3.63) is 82.9 Å². The van der Waals surface area contributed by atoms with E-state index in [0.29, 0.717) is 48.4 Å². The summed E-state index contributed by atoms with van der Waals surface area (Å²) in [7, 11) is 1.58. The van der Waals surface area contributed by atoms with Gasteiger partial charge in [-0.15, -0.1) is 0 Å². The average molecular weight is 477 g/mol. The average Bonchev–Trinajstić information content (AvgIpc) is 2.88. The number of benzene rings is 3. The Hall–Kier alpha value is -4.00. The summed E-state index contributed by atoms with van der Waals surface area (Å²) in [6, 6.07) is 18.7. The fourth-order valence-electron chi connectivity index (χ4n) is 3.21. The van der Waals surface area contributed by atoms with Gasteiger partial charge in [0.1, 0.15) is 6.61 Å². The molecule has 3 rings (SSSR count). The van der Waals surface area contributed by atoms with Crippen LogP contribution in [0.5, 0.6) is 23.0 Å². The van der Waals surface area contributed by atoms with Crippen molar-refractivity contribution in [1.82, 2.24) is 5.43 Å². The molecule has 7 nitrogen and oxygen atoms in total. The fourth-order valence-corrected chi connectivity index (χ4v) is 3.21. The van der Waals surface area contributed by atoms with Crippen molar-refractivity contribution in [3.8, 4) is 23.0 Å². The van der Waals surface area contributed by atoms with E-state index in [1.165, 1.54) is 5.56 Å². The quantitative estimate of drug-likeness (QED) is 0.275. The second-order valence-corrected chi connectivity index (χ2v) is 7.83. The minimum Gasteiger partial charge on any atom is -0.493 e. The normalized spacial score (nSPS) is 10.7. The fraction of sp³-hybridized carbons (Fsp3) is 0.286. The Balaban J connectivity index is 1.62. The minimum atomic E-state index is -0.353. The number of nitrogens with zero attached hydrogens (tertiary/aromatic N) is 1. The molecular weight excluding hydrogens is 444 g/mol. The first-order valence-electron chi connectivity index (χ1n) is 11.6. The maximum absolute atomic E-state index is 12.6. The third-order valence-corrected chi connectivity index (χ3v) is 5.05. The molecule has 0 saturated carbocycles. The van der Waals surface area contributed by atoms with E-state index >= 15 is 0 Å². The molecule has 0 unspecified atom stereocenters. The summed E-state index contributed by atoms with van der Waals surface area (Å²) in [6.07, 6.45) is 2.43. The Kier molecular flexibility index (Phi) is 9.54. The zero-order valence-electron chi connectivity index (χ0n) is 20.7. The van der Waals surface area contributed by atoms with Crippen molar-refractivity contribution in [2.24, 2.45) is 5.10 Å². The van der Waals surface area contributed by atoms with Gasteiger partial charge in [0.15, 0.2) is 23.0 Å². The number of amides is 1. The molecule has 184 valence electrons. The van der Waals surface area contributed by atoms with Crippen LogP contribution in [-0.2, 0) is 6.61 Å². The van der Waals surface area contributed by atoms with Crippen molar-refractivity contribution in [2.45, 2.75) is 33.8 Å². The molecule has 0 aromatic heterocycles. The van der Waals surface area contributed by atoms with E-state index < -0.39 is 0 Å². The van der Waals surface area contributed by atoms with Gasteiger partial charge in [0, 0.05) is 5.56 Å². The third-order valence-electron chi connectivity index (χ3n) is 5.05. The van der Waals surface area contributed by atoms with E-state index in [2.05, 4.69) is 22.7 Å². The summed E-state index contributed by atoms with van der Waals surface area (Å²) in [4.78, 5) is 12.6. The lowest BCUT2D eigenvalue weighted by molar-refractivity contribution is 0.0954. The highest BCUT2D eigenvalue weighted by atomic mass is 16.5. The molecule has 0 saturated heterocycles. The zero-order chi connectivity index (χ0) is 25.0.